The normalized spacial score (nSPS) is 11.9. The van der Waals surface area contributed by atoms with Crippen molar-refractivity contribution in [2.24, 2.45) is 0 Å². The van der Waals surface area contributed by atoms with Crippen LogP contribution in [0.2, 0.25) is 0 Å². The number of fused-ring (bicyclic) bond motifs is 1. The number of hydrogen-bond acceptors (Lipinski definition) is 5. The molecule has 0 amide bonds. The van der Waals surface area contributed by atoms with Crippen molar-refractivity contribution >= 4 is 33.3 Å². The average Bonchev–Trinajstić information content (AvgIpc) is 2.62. The first kappa shape index (κ1) is 15.7. The lowest BCUT2D eigenvalue weighted by Gasteiger charge is -2.27. The molecular formula is C15H21N3O2S. The molecule has 5 nitrogen and oxygen atoms in total. The lowest BCUT2D eigenvalue weighted by Crippen LogP contribution is -2.32. The first-order valence-electron chi connectivity index (χ1n) is 6.94. The number of nitrogens with zero attached hydrogens (tertiary/aromatic N) is 2. The van der Waals surface area contributed by atoms with Gasteiger partial charge in [0.05, 0.1) is 5.39 Å². The fourth-order valence-electron chi connectivity index (χ4n) is 2.25. The van der Waals surface area contributed by atoms with Crippen LogP contribution in [-0.2, 0) is 4.79 Å². The van der Waals surface area contributed by atoms with E-state index in [9.17, 15) is 4.79 Å². The molecule has 114 valence electrons. The summed E-state index contributed by atoms with van der Waals surface area (Å²) in [7, 11) is 0. The number of hydrogen-bond donors (Lipinski definition) is 2. The fourth-order valence-corrected chi connectivity index (χ4v) is 3.32. The Kier molecular flexibility index (Phi) is 4.18. The molecule has 0 aliphatic rings. The Hall–Kier alpha value is -1.69. The number of carboxylic acids is 1. The minimum absolute atomic E-state index is 0.134. The van der Waals surface area contributed by atoms with Crippen molar-refractivity contribution in [3.05, 3.63) is 16.3 Å². The molecule has 21 heavy (non-hydrogen) atoms. The third kappa shape index (κ3) is 3.50. The summed E-state index contributed by atoms with van der Waals surface area (Å²) < 4.78 is 0. The highest BCUT2D eigenvalue weighted by Crippen LogP contribution is 2.34. The van der Waals surface area contributed by atoms with Crippen molar-refractivity contribution in [2.75, 3.05) is 5.32 Å². The summed E-state index contributed by atoms with van der Waals surface area (Å²) in [5.41, 5.74) is 0.848. The Morgan fingerprint density at radius 1 is 1.29 bits per heavy atom. The number of anilines is 1. The van der Waals surface area contributed by atoms with Gasteiger partial charge < -0.3 is 10.4 Å². The van der Waals surface area contributed by atoms with E-state index >= 15 is 0 Å². The Bertz CT molecular complexity index is 692. The zero-order valence-electron chi connectivity index (χ0n) is 13.1. The van der Waals surface area contributed by atoms with E-state index in [1.165, 1.54) is 10.4 Å². The van der Waals surface area contributed by atoms with Crippen molar-refractivity contribution in [2.45, 2.75) is 53.0 Å². The van der Waals surface area contributed by atoms with Gasteiger partial charge in [0, 0.05) is 16.8 Å². The van der Waals surface area contributed by atoms with Gasteiger partial charge in [-0.3, -0.25) is 4.79 Å². The minimum Gasteiger partial charge on any atom is -0.481 e. The topological polar surface area (TPSA) is 75.1 Å². The highest BCUT2D eigenvalue weighted by atomic mass is 32.1. The van der Waals surface area contributed by atoms with E-state index in [1.54, 1.807) is 11.3 Å². The molecule has 0 bridgehead atoms. The van der Waals surface area contributed by atoms with E-state index in [1.807, 2.05) is 20.8 Å². The molecule has 0 aliphatic carbocycles. The average molecular weight is 307 g/mol. The predicted molar refractivity (Wildman–Crippen MR) is 86.2 cm³/mol. The van der Waals surface area contributed by atoms with Crippen LogP contribution in [0.25, 0.3) is 10.2 Å². The smallest absolute Gasteiger partial charge is 0.303 e. The van der Waals surface area contributed by atoms with Gasteiger partial charge in [-0.05, 0) is 46.6 Å². The van der Waals surface area contributed by atoms with Crippen LogP contribution >= 0.6 is 11.3 Å². The Morgan fingerprint density at radius 3 is 2.57 bits per heavy atom. The third-order valence-electron chi connectivity index (χ3n) is 3.56. The molecule has 2 rings (SSSR count). The number of carboxylic acid groups (broad SMARTS) is 1. The highest BCUT2D eigenvalue weighted by Gasteiger charge is 2.22. The Balaban J connectivity index is 2.39. The lowest BCUT2D eigenvalue weighted by molar-refractivity contribution is -0.137. The van der Waals surface area contributed by atoms with E-state index < -0.39 is 5.97 Å². The molecule has 0 radical (unpaired) electrons. The largest absolute Gasteiger partial charge is 0.481 e. The number of nitrogens with one attached hydrogen (secondary N) is 1. The number of aliphatic carboxylic acids is 1. The maximum Gasteiger partial charge on any atom is 0.303 e. The molecule has 0 atom stereocenters. The molecule has 2 N–H and O–H groups in total. The number of aryl methyl sites for hydroxylation is 3. The quantitative estimate of drug-likeness (QED) is 0.881. The van der Waals surface area contributed by atoms with E-state index in [0.29, 0.717) is 6.42 Å². The first-order chi connectivity index (χ1) is 9.69. The van der Waals surface area contributed by atoms with Crippen molar-refractivity contribution in [3.63, 3.8) is 0 Å². The summed E-state index contributed by atoms with van der Waals surface area (Å²) in [4.78, 5) is 22.0. The SMILES string of the molecule is Cc1nc(NC(C)(C)CCC(=O)O)c2c(C)c(C)sc2n1. The second kappa shape index (κ2) is 5.60. The van der Waals surface area contributed by atoms with Crippen molar-refractivity contribution in [1.29, 1.82) is 0 Å². The fraction of sp³-hybridized carbons (Fsp3) is 0.533. The third-order valence-corrected chi connectivity index (χ3v) is 4.66. The van der Waals surface area contributed by atoms with Crippen LogP contribution in [0.1, 0.15) is 43.0 Å². The molecule has 0 spiro atoms. The molecule has 6 heteroatoms. The molecule has 0 aromatic carbocycles. The second-order valence-corrected chi connectivity index (χ2v) is 7.19. The van der Waals surface area contributed by atoms with Gasteiger partial charge in [0.15, 0.2) is 0 Å². The van der Waals surface area contributed by atoms with E-state index in [4.69, 9.17) is 5.11 Å². The van der Waals surface area contributed by atoms with Crippen LogP contribution in [0.3, 0.4) is 0 Å². The van der Waals surface area contributed by atoms with Crippen LogP contribution in [0.4, 0.5) is 5.82 Å². The lowest BCUT2D eigenvalue weighted by atomic mass is 9.98. The monoisotopic (exact) mass is 307 g/mol. The highest BCUT2D eigenvalue weighted by molar-refractivity contribution is 7.18. The van der Waals surface area contributed by atoms with Crippen LogP contribution in [0, 0.1) is 20.8 Å². The van der Waals surface area contributed by atoms with E-state index in [0.717, 1.165) is 21.9 Å². The van der Waals surface area contributed by atoms with Gasteiger partial charge >= 0.3 is 5.97 Å². The van der Waals surface area contributed by atoms with E-state index in [-0.39, 0.29) is 12.0 Å². The number of aromatic nitrogens is 2. The summed E-state index contributed by atoms with van der Waals surface area (Å²) in [6.07, 6.45) is 0.671. The van der Waals surface area contributed by atoms with E-state index in [2.05, 4.69) is 29.1 Å². The summed E-state index contributed by atoms with van der Waals surface area (Å²) in [6, 6.07) is 0. The van der Waals surface area contributed by atoms with Gasteiger partial charge in [-0.15, -0.1) is 11.3 Å². The van der Waals surface area contributed by atoms with Gasteiger partial charge in [-0.2, -0.15) is 0 Å². The Labute approximate surface area is 128 Å². The number of rotatable bonds is 5. The van der Waals surface area contributed by atoms with Crippen molar-refractivity contribution < 1.29 is 9.90 Å². The molecule has 0 aliphatic heterocycles. The van der Waals surface area contributed by atoms with Crippen LogP contribution in [0.5, 0.6) is 0 Å². The second-order valence-electron chi connectivity index (χ2n) is 5.99. The molecule has 0 unspecified atom stereocenters. The van der Waals surface area contributed by atoms with Gasteiger partial charge in [-0.25, -0.2) is 9.97 Å². The first-order valence-corrected chi connectivity index (χ1v) is 7.75. The standard InChI is InChI=1S/C15H21N3O2S/c1-8-9(2)21-14-12(8)13(16-10(3)17-14)18-15(4,5)7-6-11(19)20/h6-7H2,1-5H3,(H,19,20)(H,16,17,18). The summed E-state index contributed by atoms with van der Waals surface area (Å²) >= 11 is 1.67. The zero-order chi connectivity index (χ0) is 15.8. The predicted octanol–water partition coefficient (Wildman–Crippen LogP) is 3.67. The molecule has 2 aromatic heterocycles. The minimum atomic E-state index is -0.781. The van der Waals surface area contributed by atoms with Gasteiger partial charge in [-0.1, -0.05) is 0 Å². The van der Waals surface area contributed by atoms with Crippen molar-refractivity contribution in [3.8, 4) is 0 Å². The van der Waals surface area contributed by atoms with Gasteiger partial charge in [0.1, 0.15) is 16.5 Å². The number of carbonyl (C=O) groups is 1. The summed E-state index contributed by atoms with van der Waals surface area (Å²) in [5.74, 6) is 0.742. The van der Waals surface area contributed by atoms with Crippen molar-refractivity contribution in [1.82, 2.24) is 9.97 Å². The van der Waals surface area contributed by atoms with Crippen LogP contribution in [-0.4, -0.2) is 26.6 Å². The van der Waals surface area contributed by atoms with Gasteiger partial charge in [0.25, 0.3) is 0 Å². The molecule has 0 fully saturated rings. The molecule has 2 heterocycles. The van der Waals surface area contributed by atoms with Gasteiger partial charge in [0.2, 0.25) is 0 Å². The zero-order valence-corrected chi connectivity index (χ0v) is 13.9. The molecule has 0 saturated heterocycles. The molecular weight excluding hydrogens is 286 g/mol. The summed E-state index contributed by atoms with van der Waals surface area (Å²) in [5, 5.41) is 13.3. The molecule has 0 saturated carbocycles. The van der Waals surface area contributed by atoms with Crippen LogP contribution < -0.4 is 5.32 Å². The van der Waals surface area contributed by atoms with Crippen LogP contribution in [0.15, 0.2) is 0 Å². The molecule has 2 aromatic rings. The maximum absolute atomic E-state index is 10.8. The summed E-state index contributed by atoms with van der Waals surface area (Å²) in [6.45, 7) is 10.0. The Morgan fingerprint density at radius 2 is 1.95 bits per heavy atom. The number of thiophene rings is 1. The maximum atomic E-state index is 10.8.